The number of aliphatic hydroxyl groups excluding tert-OH is 1. The van der Waals surface area contributed by atoms with E-state index in [-0.39, 0.29) is 18.7 Å². The van der Waals surface area contributed by atoms with Gasteiger partial charge in [0.25, 0.3) is 5.91 Å². The number of benzene rings is 1. The first-order valence-electron chi connectivity index (χ1n) is 6.01. The van der Waals surface area contributed by atoms with E-state index in [0.717, 1.165) is 18.2 Å². The second kappa shape index (κ2) is 6.97. The lowest BCUT2D eigenvalue weighted by Crippen LogP contribution is -2.23. The van der Waals surface area contributed by atoms with Gasteiger partial charge in [-0.05, 0) is 29.6 Å². The predicted molar refractivity (Wildman–Crippen MR) is 75.8 cm³/mol. The molecule has 0 radical (unpaired) electrons. The molecule has 0 aliphatic rings. The molecule has 0 fully saturated rings. The van der Waals surface area contributed by atoms with Gasteiger partial charge in [0, 0.05) is 17.7 Å². The van der Waals surface area contributed by atoms with Crippen LogP contribution in [0.2, 0.25) is 0 Å². The zero-order valence-corrected chi connectivity index (χ0v) is 11.6. The van der Waals surface area contributed by atoms with Crippen molar-refractivity contribution < 1.29 is 18.7 Å². The third-order valence-electron chi connectivity index (χ3n) is 2.62. The number of aliphatic hydroxyl groups is 1. The first-order chi connectivity index (χ1) is 10.1. The molecule has 1 aromatic carbocycles. The maximum atomic E-state index is 13.4. The zero-order valence-electron chi connectivity index (χ0n) is 10.8. The molecule has 1 aromatic heterocycles. The Kier molecular flexibility index (Phi) is 5.04. The van der Waals surface area contributed by atoms with Crippen molar-refractivity contribution in [3.8, 4) is 11.8 Å². The average Bonchev–Trinajstić information content (AvgIpc) is 2.94. The zero-order chi connectivity index (χ0) is 15.2. The molecule has 108 valence electrons. The van der Waals surface area contributed by atoms with E-state index in [1.54, 1.807) is 11.4 Å². The van der Waals surface area contributed by atoms with Crippen molar-refractivity contribution in [2.24, 2.45) is 0 Å². The summed E-state index contributed by atoms with van der Waals surface area (Å²) < 4.78 is 26.5. The summed E-state index contributed by atoms with van der Waals surface area (Å²) >= 11 is 1.19. The first-order valence-corrected chi connectivity index (χ1v) is 6.89. The van der Waals surface area contributed by atoms with Crippen LogP contribution in [0.3, 0.4) is 0 Å². The van der Waals surface area contributed by atoms with Crippen molar-refractivity contribution in [3.05, 3.63) is 57.3 Å². The molecule has 0 atom stereocenters. The molecular weight excluding hydrogens is 296 g/mol. The van der Waals surface area contributed by atoms with E-state index < -0.39 is 17.5 Å². The molecule has 2 rings (SSSR count). The van der Waals surface area contributed by atoms with E-state index in [4.69, 9.17) is 5.11 Å². The van der Waals surface area contributed by atoms with Gasteiger partial charge in [-0.2, -0.15) is 0 Å². The minimum Gasteiger partial charge on any atom is -0.384 e. The summed E-state index contributed by atoms with van der Waals surface area (Å²) in [5, 5.41) is 12.9. The summed E-state index contributed by atoms with van der Waals surface area (Å²) in [4.78, 5) is 12.4. The van der Waals surface area contributed by atoms with E-state index in [0.29, 0.717) is 10.4 Å². The number of hydrogen-bond acceptors (Lipinski definition) is 3. The van der Waals surface area contributed by atoms with Crippen molar-refractivity contribution in [1.82, 2.24) is 5.32 Å². The third kappa shape index (κ3) is 3.88. The summed E-state index contributed by atoms with van der Waals surface area (Å²) in [7, 11) is 0. The normalized spacial score (nSPS) is 9.86. The molecule has 0 spiro atoms. The Labute approximate surface area is 124 Å². The maximum absolute atomic E-state index is 13.4. The summed E-state index contributed by atoms with van der Waals surface area (Å²) in [6, 6.07) is 4.73. The van der Waals surface area contributed by atoms with E-state index in [1.165, 1.54) is 11.3 Å². The minimum atomic E-state index is -0.580. The van der Waals surface area contributed by atoms with Crippen LogP contribution in [-0.2, 0) is 6.54 Å². The largest absolute Gasteiger partial charge is 0.384 e. The van der Waals surface area contributed by atoms with Gasteiger partial charge in [-0.25, -0.2) is 8.78 Å². The molecule has 6 heteroatoms. The summed E-state index contributed by atoms with van der Waals surface area (Å²) in [5.41, 5.74) is 0.564. The highest BCUT2D eigenvalue weighted by molar-refractivity contribution is 7.12. The van der Waals surface area contributed by atoms with Crippen LogP contribution < -0.4 is 5.32 Å². The maximum Gasteiger partial charge on any atom is 0.262 e. The Hall–Kier alpha value is -2.23. The minimum absolute atomic E-state index is 0.0721. The number of halogens is 2. The second-order valence-electron chi connectivity index (χ2n) is 4.04. The third-order valence-corrected chi connectivity index (χ3v) is 3.53. The van der Waals surface area contributed by atoms with Gasteiger partial charge in [-0.15, -0.1) is 11.3 Å². The lowest BCUT2D eigenvalue weighted by molar-refractivity contribution is 0.0954. The van der Waals surface area contributed by atoms with Gasteiger partial charge >= 0.3 is 0 Å². The van der Waals surface area contributed by atoms with Crippen molar-refractivity contribution in [2.75, 3.05) is 6.61 Å². The Morgan fingerprint density at radius 2 is 2.14 bits per heavy atom. The van der Waals surface area contributed by atoms with Crippen LogP contribution in [0.25, 0.3) is 0 Å². The Bertz CT molecular complexity index is 716. The van der Waals surface area contributed by atoms with Crippen LogP contribution in [0.4, 0.5) is 8.78 Å². The molecule has 0 unspecified atom stereocenters. The average molecular weight is 307 g/mol. The van der Waals surface area contributed by atoms with Crippen LogP contribution in [0.15, 0.2) is 29.6 Å². The summed E-state index contributed by atoms with van der Waals surface area (Å²) in [6.45, 7) is -0.418. The summed E-state index contributed by atoms with van der Waals surface area (Å²) in [6.07, 6.45) is 0. The molecular formula is C15H11F2NO2S. The van der Waals surface area contributed by atoms with E-state index in [9.17, 15) is 13.6 Å². The number of amides is 1. The quantitative estimate of drug-likeness (QED) is 0.855. The van der Waals surface area contributed by atoms with Crippen molar-refractivity contribution in [1.29, 1.82) is 0 Å². The number of carbonyl (C=O) groups excluding carboxylic acids is 1. The smallest absolute Gasteiger partial charge is 0.262 e. The topological polar surface area (TPSA) is 49.3 Å². The van der Waals surface area contributed by atoms with Crippen LogP contribution in [0.5, 0.6) is 0 Å². The molecule has 21 heavy (non-hydrogen) atoms. The Morgan fingerprint density at radius 1 is 1.33 bits per heavy atom. The fourth-order valence-corrected chi connectivity index (χ4v) is 2.42. The summed E-state index contributed by atoms with van der Waals surface area (Å²) in [5.74, 6) is 3.55. The molecule has 0 aliphatic heterocycles. The molecule has 3 nitrogen and oxygen atoms in total. The molecule has 2 N–H and O–H groups in total. The van der Waals surface area contributed by atoms with Crippen molar-refractivity contribution >= 4 is 17.2 Å². The highest BCUT2D eigenvalue weighted by Gasteiger charge is 2.13. The van der Waals surface area contributed by atoms with Crippen LogP contribution in [0, 0.1) is 23.5 Å². The lowest BCUT2D eigenvalue weighted by atomic mass is 10.2. The predicted octanol–water partition coefficient (Wildman–Crippen LogP) is 2.30. The number of nitrogens with one attached hydrogen (secondary N) is 1. The number of thiophene rings is 1. The molecule has 1 heterocycles. The van der Waals surface area contributed by atoms with Crippen LogP contribution in [-0.4, -0.2) is 17.6 Å². The van der Waals surface area contributed by atoms with E-state index >= 15 is 0 Å². The SMILES string of the molecule is O=C(NCc1cc(F)ccc1F)c1sccc1C#CCO. The van der Waals surface area contributed by atoms with E-state index in [2.05, 4.69) is 17.2 Å². The Morgan fingerprint density at radius 3 is 2.90 bits per heavy atom. The highest BCUT2D eigenvalue weighted by atomic mass is 32.1. The standard InChI is InChI=1S/C15H11F2NO2S/c16-12-3-4-13(17)11(8-12)9-18-15(20)14-10(2-1-6-19)5-7-21-14/h3-5,7-8,19H,6,9H2,(H,18,20). The highest BCUT2D eigenvalue weighted by Crippen LogP contribution is 2.16. The first kappa shape index (κ1) is 15.2. The van der Waals surface area contributed by atoms with Gasteiger partial charge in [0.2, 0.25) is 0 Å². The molecule has 0 aliphatic carbocycles. The van der Waals surface area contributed by atoms with Gasteiger partial charge in [-0.1, -0.05) is 11.8 Å². The fourth-order valence-electron chi connectivity index (χ4n) is 1.65. The van der Waals surface area contributed by atoms with Crippen LogP contribution in [0.1, 0.15) is 20.8 Å². The van der Waals surface area contributed by atoms with Crippen molar-refractivity contribution in [2.45, 2.75) is 6.54 Å². The van der Waals surface area contributed by atoms with E-state index in [1.807, 2.05) is 0 Å². The van der Waals surface area contributed by atoms with Gasteiger partial charge in [0.05, 0.1) is 0 Å². The fraction of sp³-hybridized carbons (Fsp3) is 0.133. The van der Waals surface area contributed by atoms with Gasteiger partial charge in [0.15, 0.2) is 0 Å². The Balaban J connectivity index is 2.09. The van der Waals surface area contributed by atoms with Crippen LogP contribution >= 0.6 is 11.3 Å². The molecule has 0 saturated carbocycles. The monoisotopic (exact) mass is 307 g/mol. The van der Waals surface area contributed by atoms with Gasteiger partial charge in [0.1, 0.15) is 23.1 Å². The molecule has 0 bridgehead atoms. The molecule has 1 amide bonds. The number of carbonyl (C=O) groups is 1. The number of hydrogen-bond donors (Lipinski definition) is 2. The van der Waals surface area contributed by atoms with Gasteiger partial charge < -0.3 is 10.4 Å². The molecule has 0 saturated heterocycles. The van der Waals surface area contributed by atoms with Crippen molar-refractivity contribution in [3.63, 3.8) is 0 Å². The lowest BCUT2D eigenvalue weighted by Gasteiger charge is -2.06. The molecule has 2 aromatic rings. The van der Waals surface area contributed by atoms with Gasteiger partial charge in [-0.3, -0.25) is 4.79 Å². The second-order valence-corrected chi connectivity index (χ2v) is 4.96. The number of rotatable bonds is 3.